The van der Waals surface area contributed by atoms with E-state index in [1.54, 1.807) is 0 Å². The fourth-order valence-corrected chi connectivity index (χ4v) is 1.90. The quantitative estimate of drug-likeness (QED) is 0.304. The van der Waals surface area contributed by atoms with Crippen molar-refractivity contribution in [2.75, 3.05) is 11.5 Å². The van der Waals surface area contributed by atoms with Gasteiger partial charge in [-0.05, 0) is 12.1 Å². The number of thioether (sulfide) groups is 1. The molecule has 106 valence electrons. The number of nitrogen functional groups attached to an aromatic ring is 1. The molecule has 0 fully saturated rings. The number of hydrogen-bond donors (Lipinski definition) is 1. The highest BCUT2D eigenvalue weighted by Crippen LogP contribution is 2.40. The Morgan fingerprint density at radius 3 is 2.32 bits per heavy atom. The van der Waals surface area contributed by atoms with Gasteiger partial charge in [-0.1, -0.05) is 0 Å². The van der Waals surface area contributed by atoms with E-state index in [0.717, 1.165) is 18.2 Å². The highest BCUT2D eigenvalue weighted by molar-refractivity contribution is 7.99. The summed E-state index contributed by atoms with van der Waals surface area (Å²) in [6, 6.07) is 3.07. The van der Waals surface area contributed by atoms with Crippen molar-refractivity contribution in [1.29, 1.82) is 0 Å². The van der Waals surface area contributed by atoms with Crippen LogP contribution in [0.1, 0.15) is 0 Å². The van der Waals surface area contributed by atoms with Crippen molar-refractivity contribution in [2.45, 2.75) is 17.0 Å². The molecule has 4 nitrogen and oxygen atoms in total. The second-order valence-electron chi connectivity index (χ2n) is 3.47. The van der Waals surface area contributed by atoms with E-state index < -0.39 is 28.5 Å². The molecule has 0 unspecified atom stereocenters. The molecule has 0 saturated carbocycles. The molecule has 0 aliphatic heterocycles. The number of halogens is 5. The van der Waals surface area contributed by atoms with Gasteiger partial charge in [-0.25, -0.2) is 0 Å². The Kier molecular flexibility index (Phi) is 4.23. The summed E-state index contributed by atoms with van der Waals surface area (Å²) in [7, 11) is 0. The Labute approximate surface area is 107 Å². The molecule has 1 rings (SSSR count). The topological polar surface area (TPSA) is 69.2 Å². The molecule has 19 heavy (non-hydrogen) atoms. The Balaban J connectivity index is 2.85. The van der Waals surface area contributed by atoms with Crippen LogP contribution < -0.4 is 5.73 Å². The lowest BCUT2D eigenvalue weighted by Crippen LogP contribution is -2.38. The van der Waals surface area contributed by atoms with Crippen LogP contribution in [0.15, 0.2) is 23.1 Å². The first kappa shape index (κ1) is 15.5. The lowest BCUT2D eigenvalue weighted by atomic mass is 10.3. The molecule has 2 N–H and O–H groups in total. The minimum Gasteiger partial charge on any atom is -0.393 e. The van der Waals surface area contributed by atoms with E-state index in [1.165, 1.54) is 0 Å². The number of alkyl halides is 5. The molecule has 0 amide bonds. The highest BCUT2D eigenvalue weighted by Gasteiger charge is 2.57. The maximum Gasteiger partial charge on any atom is 0.454 e. The van der Waals surface area contributed by atoms with Crippen molar-refractivity contribution in [3.8, 4) is 0 Å². The Morgan fingerprint density at radius 2 is 1.84 bits per heavy atom. The molecule has 0 bridgehead atoms. The number of benzene rings is 1. The smallest absolute Gasteiger partial charge is 0.393 e. The fourth-order valence-electron chi connectivity index (χ4n) is 1.03. The minimum atomic E-state index is -5.65. The van der Waals surface area contributed by atoms with Gasteiger partial charge in [0.05, 0.1) is 10.7 Å². The van der Waals surface area contributed by atoms with Crippen molar-refractivity contribution in [2.24, 2.45) is 0 Å². The van der Waals surface area contributed by atoms with Gasteiger partial charge in [0, 0.05) is 11.0 Å². The van der Waals surface area contributed by atoms with Gasteiger partial charge >= 0.3 is 12.1 Å². The summed E-state index contributed by atoms with van der Waals surface area (Å²) < 4.78 is 61.0. The Morgan fingerprint density at radius 1 is 1.26 bits per heavy atom. The molecule has 0 aliphatic rings. The first-order chi connectivity index (χ1) is 8.54. The molecule has 0 saturated heterocycles. The van der Waals surface area contributed by atoms with Crippen LogP contribution in [0.25, 0.3) is 0 Å². The van der Waals surface area contributed by atoms with E-state index in [1.807, 2.05) is 0 Å². The third-order valence-electron chi connectivity index (χ3n) is 2.03. The number of anilines is 1. The summed E-state index contributed by atoms with van der Waals surface area (Å²) in [5.74, 6) is -6.43. The predicted molar refractivity (Wildman–Crippen MR) is 59.2 cm³/mol. The lowest BCUT2D eigenvalue weighted by molar-refractivity contribution is -0.384. The largest absolute Gasteiger partial charge is 0.454 e. The average molecular weight is 302 g/mol. The average Bonchev–Trinajstić information content (AvgIpc) is 2.26. The second kappa shape index (κ2) is 5.19. The molecule has 0 aliphatic carbocycles. The third-order valence-corrected chi connectivity index (χ3v) is 3.13. The molecule has 0 heterocycles. The summed E-state index contributed by atoms with van der Waals surface area (Å²) in [6.45, 7) is 0. The zero-order valence-corrected chi connectivity index (χ0v) is 9.89. The molecule has 1 aromatic rings. The predicted octanol–water partition coefficient (Wildman–Crippen LogP) is 3.47. The zero-order chi connectivity index (χ0) is 14.8. The van der Waals surface area contributed by atoms with Crippen LogP contribution in [0.2, 0.25) is 0 Å². The molecule has 0 spiro atoms. The number of nitrogens with zero attached hydrogens (tertiary/aromatic N) is 1. The first-order valence-electron chi connectivity index (χ1n) is 4.66. The van der Waals surface area contributed by atoms with Gasteiger partial charge in [-0.15, -0.1) is 11.8 Å². The maximum atomic E-state index is 12.7. The van der Waals surface area contributed by atoms with Crippen molar-refractivity contribution in [3.63, 3.8) is 0 Å². The number of hydrogen-bond acceptors (Lipinski definition) is 4. The first-order valence-corrected chi connectivity index (χ1v) is 5.64. The minimum absolute atomic E-state index is 0.0928. The SMILES string of the molecule is Nc1ccc(SCC(F)(F)C(F)(F)F)cc1[N+](=O)[O-]. The van der Waals surface area contributed by atoms with Crippen LogP contribution in [0.5, 0.6) is 0 Å². The molecule has 1 aromatic carbocycles. The molecule has 10 heteroatoms. The van der Waals surface area contributed by atoms with Crippen LogP contribution in [-0.4, -0.2) is 22.8 Å². The number of nitro benzene ring substituents is 1. The van der Waals surface area contributed by atoms with Gasteiger partial charge in [0.15, 0.2) is 0 Å². The van der Waals surface area contributed by atoms with Gasteiger partial charge in [0.2, 0.25) is 0 Å². The fraction of sp³-hybridized carbons (Fsp3) is 0.333. The standard InChI is InChI=1S/C9H7F5N2O2S/c10-8(11,9(12,13)14)4-19-5-1-2-6(15)7(3-5)16(17)18/h1-3H,4,15H2. The van der Waals surface area contributed by atoms with Gasteiger partial charge < -0.3 is 5.73 Å². The van der Waals surface area contributed by atoms with Crippen LogP contribution in [0.4, 0.5) is 33.3 Å². The Bertz CT molecular complexity index is 492. The third kappa shape index (κ3) is 3.69. The van der Waals surface area contributed by atoms with Crippen LogP contribution in [0, 0.1) is 10.1 Å². The molecule has 0 radical (unpaired) electrons. The lowest BCUT2D eigenvalue weighted by Gasteiger charge is -2.18. The normalized spacial score (nSPS) is 12.5. The summed E-state index contributed by atoms with van der Waals surface area (Å²) >= 11 is 0.165. The molecular formula is C9H7F5N2O2S. The van der Waals surface area contributed by atoms with Crippen molar-refractivity contribution >= 4 is 23.1 Å². The second-order valence-corrected chi connectivity index (χ2v) is 4.52. The molecule has 0 aromatic heterocycles. The van der Waals surface area contributed by atoms with Gasteiger partial charge in [-0.2, -0.15) is 22.0 Å². The van der Waals surface area contributed by atoms with E-state index in [4.69, 9.17) is 5.73 Å². The highest BCUT2D eigenvalue weighted by atomic mass is 32.2. The number of nitrogens with two attached hydrogens (primary N) is 1. The maximum absolute atomic E-state index is 12.7. The van der Waals surface area contributed by atoms with Gasteiger partial charge in [-0.3, -0.25) is 10.1 Å². The number of rotatable bonds is 4. The van der Waals surface area contributed by atoms with Crippen LogP contribution in [0.3, 0.4) is 0 Å². The van der Waals surface area contributed by atoms with E-state index in [0.29, 0.717) is 0 Å². The van der Waals surface area contributed by atoms with Crippen LogP contribution >= 0.6 is 11.8 Å². The Hall–Kier alpha value is -1.58. The van der Waals surface area contributed by atoms with Crippen molar-refractivity contribution < 1.29 is 26.9 Å². The van der Waals surface area contributed by atoms with Gasteiger partial charge in [0.1, 0.15) is 5.69 Å². The summed E-state index contributed by atoms with van der Waals surface area (Å²) in [4.78, 5) is 9.58. The monoisotopic (exact) mass is 302 g/mol. The van der Waals surface area contributed by atoms with E-state index in [2.05, 4.69) is 0 Å². The number of nitro groups is 1. The van der Waals surface area contributed by atoms with Crippen molar-refractivity contribution in [3.05, 3.63) is 28.3 Å². The van der Waals surface area contributed by atoms with Crippen molar-refractivity contribution in [1.82, 2.24) is 0 Å². The van der Waals surface area contributed by atoms with E-state index in [-0.39, 0.29) is 22.3 Å². The molecule has 0 atom stereocenters. The van der Waals surface area contributed by atoms with E-state index in [9.17, 15) is 32.1 Å². The van der Waals surface area contributed by atoms with Crippen LogP contribution in [-0.2, 0) is 0 Å². The summed E-state index contributed by atoms with van der Waals surface area (Å²) in [5.41, 5.74) is 4.52. The zero-order valence-electron chi connectivity index (χ0n) is 9.08. The summed E-state index contributed by atoms with van der Waals surface area (Å²) in [6.07, 6.45) is -5.65. The van der Waals surface area contributed by atoms with Gasteiger partial charge in [0.25, 0.3) is 5.69 Å². The summed E-state index contributed by atoms with van der Waals surface area (Å²) in [5, 5.41) is 10.5. The molecular weight excluding hydrogens is 295 g/mol. The van der Waals surface area contributed by atoms with E-state index >= 15 is 0 Å².